The number of carbonyl (C=O) groups is 1. The fraction of sp³-hybridized carbons (Fsp3) is 0.200. The maximum Gasteiger partial charge on any atom is 0.341 e. The van der Waals surface area contributed by atoms with Crippen molar-refractivity contribution in [2.24, 2.45) is 0 Å². The Morgan fingerprint density at radius 3 is 2.58 bits per heavy atom. The summed E-state index contributed by atoms with van der Waals surface area (Å²) in [6.45, 7) is 4.53. The number of hydrogen-bond acceptors (Lipinski definition) is 5. The highest BCUT2D eigenvalue weighted by atomic mass is 35.5. The quantitative estimate of drug-likeness (QED) is 0.604. The molecule has 5 nitrogen and oxygen atoms in total. The predicted octanol–water partition coefficient (Wildman–Crippen LogP) is 5.21. The molecule has 3 rings (SSSR count). The molecule has 0 unspecified atom stereocenters. The molecule has 0 amide bonds. The zero-order chi connectivity index (χ0) is 18.5. The molecule has 0 bridgehead atoms. The van der Waals surface area contributed by atoms with Gasteiger partial charge in [0.1, 0.15) is 11.3 Å². The maximum absolute atomic E-state index is 12.4. The van der Waals surface area contributed by atoms with Gasteiger partial charge in [-0.15, -0.1) is 0 Å². The summed E-state index contributed by atoms with van der Waals surface area (Å²) in [6, 6.07) is 12.8. The van der Waals surface area contributed by atoms with Crippen LogP contribution < -0.4 is 10.1 Å². The van der Waals surface area contributed by atoms with Gasteiger partial charge in [-0.1, -0.05) is 11.6 Å². The molecule has 0 radical (unpaired) electrons. The number of anilines is 2. The van der Waals surface area contributed by atoms with E-state index in [9.17, 15) is 4.79 Å². The largest absolute Gasteiger partial charge is 0.494 e. The van der Waals surface area contributed by atoms with E-state index in [-0.39, 0.29) is 6.61 Å². The van der Waals surface area contributed by atoms with Crippen LogP contribution in [0.2, 0.25) is 5.02 Å². The third kappa shape index (κ3) is 3.89. The minimum Gasteiger partial charge on any atom is -0.494 e. The number of nitrogens with zero attached hydrogens (tertiary/aromatic N) is 1. The lowest BCUT2D eigenvalue weighted by molar-refractivity contribution is 0.0527. The Labute approximate surface area is 156 Å². The molecule has 6 heteroatoms. The number of rotatable bonds is 6. The van der Waals surface area contributed by atoms with Gasteiger partial charge >= 0.3 is 5.97 Å². The van der Waals surface area contributed by atoms with E-state index in [1.165, 1.54) is 6.20 Å². The second-order valence-electron chi connectivity index (χ2n) is 5.51. The Kier molecular flexibility index (Phi) is 5.58. The Morgan fingerprint density at radius 2 is 1.88 bits per heavy atom. The second-order valence-corrected chi connectivity index (χ2v) is 5.95. The lowest BCUT2D eigenvalue weighted by Crippen LogP contribution is -2.09. The molecule has 1 N–H and O–H groups in total. The van der Waals surface area contributed by atoms with Crippen LogP contribution in [0.1, 0.15) is 24.2 Å². The average molecular weight is 371 g/mol. The van der Waals surface area contributed by atoms with Gasteiger partial charge in [0, 0.05) is 22.3 Å². The normalized spacial score (nSPS) is 10.6. The number of fused-ring (bicyclic) bond motifs is 1. The summed E-state index contributed by atoms with van der Waals surface area (Å²) in [5.74, 6) is 0.280. The molecule has 1 aromatic heterocycles. The van der Waals surface area contributed by atoms with E-state index in [1.807, 2.05) is 37.3 Å². The molecule has 0 spiro atoms. The van der Waals surface area contributed by atoms with Crippen LogP contribution in [-0.2, 0) is 4.74 Å². The van der Waals surface area contributed by atoms with Crippen LogP contribution in [0.15, 0.2) is 48.7 Å². The van der Waals surface area contributed by atoms with Crippen LogP contribution in [0.5, 0.6) is 5.75 Å². The van der Waals surface area contributed by atoms with E-state index in [0.29, 0.717) is 28.6 Å². The Morgan fingerprint density at radius 1 is 1.12 bits per heavy atom. The lowest BCUT2D eigenvalue weighted by Gasteiger charge is -2.15. The van der Waals surface area contributed by atoms with E-state index in [2.05, 4.69) is 10.3 Å². The molecule has 26 heavy (non-hydrogen) atoms. The molecule has 0 fully saturated rings. The van der Waals surface area contributed by atoms with Crippen LogP contribution in [0.3, 0.4) is 0 Å². The Hall–Kier alpha value is -2.79. The number of carbonyl (C=O) groups excluding carboxylic acids is 1. The van der Waals surface area contributed by atoms with Gasteiger partial charge in [-0.2, -0.15) is 0 Å². The van der Waals surface area contributed by atoms with Crippen LogP contribution in [-0.4, -0.2) is 24.2 Å². The molecule has 0 saturated heterocycles. The van der Waals surface area contributed by atoms with Gasteiger partial charge in [-0.3, -0.25) is 4.98 Å². The van der Waals surface area contributed by atoms with E-state index < -0.39 is 5.97 Å². The molecule has 0 aliphatic heterocycles. The highest BCUT2D eigenvalue weighted by molar-refractivity contribution is 6.30. The highest BCUT2D eigenvalue weighted by Gasteiger charge is 2.17. The molecule has 1 heterocycles. The van der Waals surface area contributed by atoms with Crippen LogP contribution in [0.4, 0.5) is 11.4 Å². The van der Waals surface area contributed by atoms with E-state index in [4.69, 9.17) is 21.1 Å². The number of halogens is 1. The van der Waals surface area contributed by atoms with Crippen molar-refractivity contribution >= 4 is 39.8 Å². The van der Waals surface area contributed by atoms with Gasteiger partial charge < -0.3 is 14.8 Å². The average Bonchev–Trinajstić information content (AvgIpc) is 2.64. The van der Waals surface area contributed by atoms with Gasteiger partial charge in [0.2, 0.25) is 0 Å². The summed E-state index contributed by atoms with van der Waals surface area (Å²) in [5.41, 5.74) is 2.53. The maximum atomic E-state index is 12.4. The number of esters is 1. The summed E-state index contributed by atoms with van der Waals surface area (Å²) in [5, 5.41) is 4.71. The zero-order valence-electron chi connectivity index (χ0n) is 14.6. The van der Waals surface area contributed by atoms with Crippen LogP contribution in [0, 0.1) is 0 Å². The molecule has 0 atom stereocenters. The number of pyridine rings is 1. The van der Waals surface area contributed by atoms with Crippen molar-refractivity contribution in [3.63, 3.8) is 0 Å². The van der Waals surface area contributed by atoms with Crippen molar-refractivity contribution in [1.82, 2.24) is 4.98 Å². The van der Waals surface area contributed by atoms with Gasteiger partial charge in [0.05, 0.1) is 24.4 Å². The second kappa shape index (κ2) is 8.06. The monoisotopic (exact) mass is 370 g/mol. The van der Waals surface area contributed by atoms with Gasteiger partial charge in [-0.25, -0.2) is 4.79 Å². The van der Waals surface area contributed by atoms with E-state index >= 15 is 0 Å². The van der Waals surface area contributed by atoms with E-state index in [0.717, 1.165) is 16.6 Å². The first-order valence-electron chi connectivity index (χ1n) is 8.37. The number of ether oxygens (including phenoxy) is 2. The predicted molar refractivity (Wildman–Crippen MR) is 104 cm³/mol. The third-order valence-electron chi connectivity index (χ3n) is 3.76. The number of aromatic nitrogens is 1. The first-order valence-corrected chi connectivity index (χ1v) is 8.75. The van der Waals surface area contributed by atoms with Crippen LogP contribution in [0.25, 0.3) is 10.9 Å². The fourth-order valence-electron chi connectivity index (χ4n) is 2.60. The minimum atomic E-state index is -0.430. The highest BCUT2D eigenvalue weighted by Crippen LogP contribution is 2.32. The third-order valence-corrected chi connectivity index (χ3v) is 4.01. The zero-order valence-corrected chi connectivity index (χ0v) is 15.3. The molecule has 0 saturated carbocycles. The topological polar surface area (TPSA) is 60.5 Å². The summed E-state index contributed by atoms with van der Waals surface area (Å²) in [6.07, 6.45) is 1.53. The first-order chi connectivity index (χ1) is 12.6. The molecule has 2 aromatic carbocycles. The minimum absolute atomic E-state index is 0.288. The SMILES string of the molecule is CCOC(=O)c1cnc2ccc(OCC)cc2c1Nc1ccc(Cl)cc1. The molecular formula is C20H19ClN2O3. The van der Waals surface area contributed by atoms with Gasteiger partial charge in [0.15, 0.2) is 0 Å². The van der Waals surface area contributed by atoms with Gasteiger partial charge in [-0.05, 0) is 56.3 Å². The van der Waals surface area contributed by atoms with Crippen molar-refractivity contribution < 1.29 is 14.3 Å². The van der Waals surface area contributed by atoms with Crippen LogP contribution >= 0.6 is 11.6 Å². The molecular weight excluding hydrogens is 352 g/mol. The summed E-state index contributed by atoms with van der Waals surface area (Å²) < 4.78 is 10.8. The molecule has 134 valence electrons. The van der Waals surface area contributed by atoms with E-state index in [1.54, 1.807) is 19.1 Å². The van der Waals surface area contributed by atoms with Crippen molar-refractivity contribution in [3.05, 3.63) is 59.2 Å². The Bertz CT molecular complexity index is 926. The number of nitrogens with one attached hydrogen (secondary N) is 1. The summed E-state index contributed by atoms with van der Waals surface area (Å²) in [7, 11) is 0. The van der Waals surface area contributed by atoms with Crippen molar-refractivity contribution in [1.29, 1.82) is 0 Å². The molecule has 3 aromatic rings. The summed E-state index contributed by atoms with van der Waals surface area (Å²) in [4.78, 5) is 16.8. The smallest absolute Gasteiger partial charge is 0.341 e. The standard InChI is InChI=1S/C20H19ClN2O3/c1-3-25-15-9-10-18-16(11-15)19(17(12-22-18)20(24)26-4-2)23-14-7-5-13(21)6-8-14/h5-12H,3-4H2,1-2H3,(H,22,23). The van der Waals surface area contributed by atoms with Gasteiger partial charge in [0.25, 0.3) is 0 Å². The summed E-state index contributed by atoms with van der Waals surface area (Å²) >= 11 is 5.96. The Balaban J connectivity index is 2.15. The van der Waals surface area contributed by atoms with Crippen molar-refractivity contribution in [2.45, 2.75) is 13.8 Å². The molecule has 0 aliphatic carbocycles. The number of benzene rings is 2. The van der Waals surface area contributed by atoms with Crippen molar-refractivity contribution in [3.8, 4) is 5.75 Å². The molecule has 0 aliphatic rings. The van der Waals surface area contributed by atoms with Crippen molar-refractivity contribution in [2.75, 3.05) is 18.5 Å². The fourth-order valence-corrected chi connectivity index (χ4v) is 2.73. The first kappa shape index (κ1) is 18.0. The number of hydrogen-bond donors (Lipinski definition) is 1. The lowest BCUT2D eigenvalue weighted by atomic mass is 10.1.